The van der Waals surface area contributed by atoms with E-state index in [0.29, 0.717) is 5.56 Å². The highest BCUT2D eigenvalue weighted by molar-refractivity contribution is 7.09. The third-order valence-electron chi connectivity index (χ3n) is 3.43. The van der Waals surface area contributed by atoms with E-state index in [1.165, 1.54) is 5.56 Å². The number of nitrogens with one attached hydrogen (secondary N) is 2. The topological polar surface area (TPSA) is 54.0 Å². The van der Waals surface area contributed by atoms with E-state index in [1.807, 2.05) is 37.4 Å². The molecule has 1 aliphatic rings. The smallest absolute Gasteiger partial charge is 0.251 e. The first-order valence-electron chi connectivity index (χ1n) is 6.73. The van der Waals surface area contributed by atoms with Gasteiger partial charge in [0.2, 0.25) is 0 Å². The molecule has 0 fully saturated rings. The van der Waals surface area contributed by atoms with Gasteiger partial charge in [0.25, 0.3) is 5.91 Å². The van der Waals surface area contributed by atoms with Gasteiger partial charge in [0.1, 0.15) is 5.01 Å². The molecular weight excluding hydrogens is 341 g/mol. The second kappa shape index (κ2) is 7.81. The molecule has 3 rings (SSSR count). The third-order valence-corrected chi connectivity index (χ3v) is 4.58. The summed E-state index contributed by atoms with van der Waals surface area (Å²) in [6.07, 6.45) is 0.984. The van der Waals surface area contributed by atoms with Crippen LogP contribution < -0.4 is 10.6 Å². The van der Waals surface area contributed by atoms with Gasteiger partial charge in [0.15, 0.2) is 0 Å². The lowest BCUT2D eigenvalue weighted by molar-refractivity contribution is 0.0939. The lowest BCUT2D eigenvalue weighted by atomic mass is 10.1. The lowest BCUT2D eigenvalue weighted by Gasteiger charge is -2.12. The Labute approximate surface area is 146 Å². The fraction of sp³-hybridized carbons (Fsp3) is 0.333. The van der Waals surface area contributed by atoms with Crippen LogP contribution in [0.5, 0.6) is 0 Å². The van der Waals surface area contributed by atoms with Gasteiger partial charge in [0.05, 0.1) is 6.04 Å². The molecule has 22 heavy (non-hydrogen) atoms. The summed E-state index contributed by atoms with van der Waals surface area (Å²) in [5.74, 6) is -0.0416. The van der Waals surface area contributed by atoms with Crippen LogP contribution in [0.1, 0.15) is 39.6 Å². The molecule has 7 heteroatoms. The van der Waals surface area contributed by atoms with E-state index in [9.17, 15) is 4.79 Å². The number of carbonyl (C=O) groups excluding carboxylic acids is 1. The summed E-state index contributed by atoms with van der Waals surface area (Å²) in [4.78, 5) is 16.7. The molecule has 0 bridgehead atoms. The highest BCUT2D eigenvalue weighted by Gasteiger charge is 2.16. The Morgan fingerprint density at radius 3 is 2.86 bits per heavy atom. The van der Waals surface area contributed by atoms with Crippen molar-refractivity contribution in [2.24, 2.45) is 0 Å². The average Bonchev–Trinajstić information content (AvgIpc) is 3.05. The van der Waals surface area contributed by atoms with Crippen molar-refractivity contribution in [1.82, 2.24) is 10.3 Å². The third kappa shape index (κ3) is 3.91. The Kier molecular flexibility index (Phi) is 6.66. The number of fused-ring (bicyclic) bond motifs is 1. The Morgan fingerprint density at radius 2 is 2.18 bits per heavy atom. The molecule has 4 nitrogen and oxygen atoms in total. The second-order valence-electron chi connectivity index (χ2n) is 5.07. The number of aromatic nitrogens is 1. The zero-order valence-corrected chi connectivity index (χ0v) is 14.8. The molecule has 0 saturated heterocycles. The van der Waals surface area contributed by atoms with E-state index >= 15 is 0 Å². The summed E-state index contributed by atoms with van der Waals surface area (Å²) in [5, 5.41) is 9.24. The summed E-state index contributed by atoms with van der Waals surface area (Å²) in [6.45, 7) is 4.88. The van der Waals surface area contributed by atoms with Gasteiger partial charge in [-0.1, -0.05) is 0 Å². The van der Waals surface area contributed by atoms with E-state index in [0.717, 1.165) is 29.4 Å². The minimum atomic E-state index is -0.0624. The zero-order chi connectivity index (χ0) is 14.1. The van der Waals surface area contributed by atoms with Crippen LogP contribution in [-0.4, -0.2) is 17.4 Å². The largest absolute Gasteiger partial charge is 0.384 e. The number of hydrogen-bond donors (Lipinski definition) is 2. The van der Waals surface area contributed by atoms with E-state index < -0.39 is 0 Å². The van der Waals surface area contributed by atoms with Gasteiger partial charge in [-0.15, -0.1) is 36.2 Å². The standard InChI is InChI=1S/C15H17N3OS.2ClH/c1-9-8-20-15(17-9)10(2)18-14(19)12-3-4-13-11(7-12)5-6-16-13;;/h3-4,7-8,10,16H,5-6H2,1-2H3,(H,18,19);2*1H. The maximum Gasteiger partial charge on any atom is 0.251 e. The predicted octanol–water partition coefficient (Wildman–Crippen LogP) is 3.75. The van der Waals surface area contributed by atoms with Crippen molar-refractivity contribution in [3.63, 3.8) is 0 Å². The summed E-state index contributed by atoms with van der Waals surface area (Å²) >= 11 is 1.58. The Hall–Kier alpha value is -1.30. The van der Waals surface area contributed by atoms with Gasteiger partial charge in [-0.05, 0) is 44.0 Å². The molecule has 1 amide bonds. The summed E-state index contributed by atoms with van der Waals surface area (Å²) in [7, 11) is 0. The van der Waals surface area contributed by atoms with E-state index in [1.54, 1.807) is 11.3 Å². The lowest BCUT2D eigenvalue weighted by Crippen LogP contribution is -2.26. The van der Waals surface area contributed by atoms with Gasteiger partial charge in [-0.2, -0.15) is 0 Å². The summed E-state index contributed by atoms with van der Waals surface area (Å²) < 4.78 is 0. The van der Waals surface area contributed by atoms with Crippen molar-refractivity contribution in [1.29, 1.82) is 0 Å². The molecule has 2 heterocycles. The van der Waals surface area contributed by atoms with Crippen LogP contribution in [0, 0.1) is 6.92 Å². The van der Waals surface area contributed by atoms with Crippen LogP contribution in [-0.2, 0) is 6.42 Å². The first kappa shape index (κ1) is 18.7. The number of carbonyl (C=O) groups is 1. The first-order chi connectivity index (χ1) is 9.63. The number of rotatable bonds is 3. The molecule has 0 radical (unpaired) electrons. The van der Waals surface area contributed by atoms with E-state index in [-0.39, 0.29) is 36.8 Å². The molecule has 1 atom stereocenters. The monoisotopic (exact) mass is 359 g/mol. The number of benzene rings is 1. The normalized spacial score (nSPS) is 13.2. The molecule has 1 aromatic carbocycles. The molecule has 1 aromatic heterocycles. The van der Waals surface area contributed by atoms with Crippen molar-refractivity contribution in [2.75, 3.05) is 11.9 Å². The number of aryl methyl sites for hydroxylation is 1. The van der Waals surface area contributed by atoms with Gasteiger partial charge >= 0.3 is 0 Å². The van der Waals surface area contributed by atoms with Crippen LogP contribution >= 0.6 is 36.2 Å². The number of amides is 1. The van der Waals surface area contributed by atoms with Crippen molar-refractivity contribution < 1.29 is 4.79 Å². The number of thiazole rings is 1. The fourth-order valence-electron chi connectivity index (χ4n) is 2.36. The summed E-state index contributed by atoms with van der Waals surface area (Å²) in [6, 6.07) is 5.76. The Morgan fingerprint density at radius 1 is 1.41 bits per heavy atom. The molecule has 1 aliphatic heterocycles. The molecule has 120 valence electrons. The molecule has 1 unspecified atom stereocenters. The fourth-order valence-corrected chi connectivity index (χ4v) is 3.16. The number of hydrogen-bond acceptors (Lipinski definition) is 4. The van der Waals surface area contributed by atoms with Crippen LogP contribution in [0.15, 0.2) is 23.6 Å². The van der Waals surface area contributed by atoms with Gasteiger partial charge in [0, 0.05) is 28.9 Å². The number of anilines is 1. The molecule has 0 spiro atoms. The maximum atomic E-state index is 12.3. The van der Waals surface area contributed by atoms with Crippen molar-refractivity contribution in [3.8, 4) is 0 Å². The minimum absolute atomic E-state index is 0. The highest BCUT2D eigenvalue weighted by Crippen LogP contribution is 2.23. The Bertz CT molecular complexity index is 660. The van der Waals surface area contributed by atoms with Crippen LogP contribution in [0.2, 0.25) is 0 Å². The molecular formula is C15H19Cl2N3OS. The van der Waals surface area contributed by atoms with E-state index in [4.69, 9.17) is 0 Å². The van der Waals surface area contributed by atoms with Crippen molar-refractivity contribution in [3.05, 3.63) is 45.4 Å². The SMILES string of the molecule is Cc1csc(C(C)NC(=O)c2ccc3c(c2)CCN3)n1.Cl.Cl. The van der Waals surface area contributed by atoms with Crippen molar-refractivity contribution >= 4 is 47.7 Å². The second-order valence-corrected chi connectivity index (χ2v) is 5.96. The summed E-state index contributed by atoms with van der Waals surface area (Å²) in [5.41, 5.74) is 4.07. The molecule has 0 saturated carbocycles. The van der Waals surface area contributed by atoms with Crippen molar-refractivity contribution in [2.45, 2.75) is 26.3 Å². The maximum absolute atomic E-state index is 12.3. The number of nitrogens with zero attached hydrogens (tertiary/aromatic N) is 1. The van der Waals surface area contributed by atoms with Crippen LogP contribution in [0.25, 0.3) is 0 Å². The first-order valence-corrected chi connectivity index (χ1v) is 7.61. The molecule has 2 N–H and O–H groups in total. The highest BCUT2D eigenvalue weighted by atomic mass is 35.5. The average molecular weight is 360 g/mol. The quantitative estimate of drug-likeness (QED) is 0.877. The minimum Gasteiger partial charge on any atom is -0.384 e. The van der Waals surface area contributed by atoms with E-state index in [2.05, 4.69) is 15.6 Å². The van der Waals surface area contributed by atoms with Crippen LogP contribution in [0.3, 0.4) is 0 Å². The van der Waals surface area contributed by atoms with Gasteiger partial charge in [-0.25, -0.2) is 4.98 Å². The molecule has 0 aliphatic carbocycles. The van der Waals surface area contributed by atoms with Gasteiger partial charge < -0.3 is 10.6 Å². The Balaban J connectivity index is 0.00000121. The predicted molar refractivity (Wildman–Crippen MR) is 95.9 cm³/mol. The van der Waals surface area contributed by atoms with Crippen LogP contribution in [0.4, 0.5) is 5.69 Å². The number of halogens is 2. The zero-order valence-electron chi connectivity index (χ0n) is 12.4. The van der Waals surface area contributed by atoms with Gasteiger partial charge in [-0.3, -0.25) is 4.79 Å². The molecule has 2 aromatic rings.